The zero-order chi connectivity index (χ0) is 15.8. The Morgan fingerprint density at radius 3 is 2.78 bits per heavy atom. The molecule has 0 radical (unpaired) electrons. The lowest BCUT2D eigenvalue weighted by Crippen LogP contribution is -2.25. The summed E-state index contributed by atoms with van der Waals surface area (Å²) in [5, 5.41) is 12.2. The standard InChI is InChI=1S/C17H19N5O/c1-22-13-10-6-5-9-12(13)14-15(22)18-17(21-20-14)19-16(23)11-7-3-2-4-8-11/h5-6,9-11H,2-4,7-8H2,1H3,(H,18,19,21,23). The van der Waals surface area contributed by atoms with E-state index in [9.17, 15) is 4.79 Å². The van der Waals surface area contributed by atoms with Gasteiger partial charge in [-0.05, 0) is 18.9 Å². The second-order valence-electron chi connectivity index (χ2n) is 6.21. The third kappa shape index (κ3) is 2.44. The molecular weight excluding hydrogens is 290 g/mol. The first-order valence-corrected chi connectivity index (χ1v) is 8.13. The minimum atomic E-state index is 0.0182. The molecule has 23 heavy (non-hydrogen) atoms. The van der Waals surface area contributed by atoms with Gasteiger partial charge in [-0.1, -0.05) is 37.5 Å². The molecule has 4 rings (SSSR count). The number of hydrogen-bond acceptors (Lipinski definition) is 4. The molecule has 0 saturated heterocycles. The molecule has 0 spiro atoms. The number of para-hydroxylation sites is 1. The van der Waals surface area contributed by atoms with Gasteiger partial charge in [-0.15, -0.1) is 10.2 Å². The van der Waals surface area contributed by atoms with E-state index in [1.54, 1.807) is 0 Å². The number of fused-ring (bicyclic) bond motifs is 3. The van der Waals surface area contributed by atoms with Crippen molar-refractivity contribution in [3.8, 4) is 0 Å². The molecule has 1 aromatic carbocycles. The zero-order valence-corrected chi connectivity index (χ0v) is 13.1. The Morgan fingerprint density at radius 1 is 1.17 bits per heavy atom. The predicted molar refractivity (Wildman–Crippen MR) is 89.0 cm³/mol. The first kappa shape index (κ1) is 14.1. The van der Waals surface area contributed by atoms with Crippen LogP contribution in [0.2, 0.25) is 0 Å². The summed E-state index contributed by atoms with van der Waals surface area (Å²) in [6.07, 6.45) is 5.38. The minimum absolute atomic E-state index is 0.0182. The van der Waals surface area contributed by atoms with Gasteiger partial charge < -0.3 is 4.57 Å². The molecule has 1 aliphatic carbocycles. The first-order valence-electron chi connectivity index (χ1n) is 8.13. The van der Waals surface area contributed by atoms with Crippen molar-refractivity contribution in [3.05, 3.63) is 24.3 Å². The van der Waals surface area contributed by atoms with E-state index in [0.717, 1.165) is 47.8 Å². The molecule has 1 fully saturated rings. The molecule has 2 heterocycles. The third-order valence-corrected chi connectivity index (χ3v) is 4.72. The summed E-state index contributed by atoms with van der Waals surface area (Å²) < 4.78 is 1.98. The van der Waals surface area contributed by atoms with Gasteiger partial charge in [-0.3, -0.25) is 10.1 Å². The number of nitrogens with zero attached hydrogens (tertiary/aromatic N) is 4. The van der Waals surface area contributed by atoms with Crippen molar-refractivity contribution in [2.24, 2.45) is 13.0 Å². The number of aromatic nitrogens is 4. The molecule has 6 heteroatoms. The van der Waals surface area contributed by atoms with E-state index < -0.39 is 0 Å². The normalized spacial score (nSPS) is 16.0. The Balaban J connectivity index is 1.67. The van der Waals surface area contributed by atoms with Crippen LogP contribution in [0, 0.1) is 5.92 Å². The molecule has 0 unspecified atom stereocenters. The molecule has 1 aliphatic rings. The molecule has 0 bridgehead atoms. The largest absolute Gasteiger partial charge is 0.327 e. The highest BCUT2D eigenvalue weighted by atomic mass is 16.2. The van der Waals surface area contributed by atoms with Crippen LogP contribution in [-0.2, 0) is 11.8 Å². The Labute approximate surface area is 133 Å². The van der Waals surface area contributed by atoms with Crippen LogP contribution in [-0.4, -0.2) is 25.7 Å². The fourth-order valence-corrected chi connectivity index (χ4v) is 3.44. The number of benzene rings is 1. The van der Waals surface area contributed by atoms with Crippen LogP contribution >= 0.6 is 0 Å². The van der Waals surface area contributed by atoms with Crippen molar-refractivity contribution in [1.29, 1.82) is 0 Å². The van der Waals surface area contributed by atoms with Crippen LogP contribution < -0.4 is 5.32 Å². The van der Waals surface area contributed by atoms with E-state index >= 15 is 0 Å². The number of anilines is 1. The van der Waals surface area contributed by atoms with E-state index in [-0.39, 0.29) is 11.8 Å². The van der Waals surface area contributed by atoms with Gasteiger partial charge >= 0.3 is 0 Å². The van der Waals surface area contributed by atoms with Gasteiger partial charge in [0.05, 0.1) is 5.52 Å². The number of hydrogen-bond donors (Lipinski definition) is 1. The van der Waals surface area contributed by atoms with Crippen LogP contribution in [0.1, 0.15) is 32.1 Å². The monoisotopic (exact) mass is 309 g/mol. The highest BCUT2D eigenvalue weighted by Gasteiger charge is 2.22. The number of carbonyl (C=O) groups is 1. The summed E-state index contributed by atoms with van der Waals surface area (Å²) in [6.45, 7) is 0. The first-order chi connectivity index (χ1) is 11.2. The van der Waals surface area contributed by atoms with Gasteiger partial charge in [0.2, 0.25) is 5.91 Å². The van der Waals surface area contributed by atoms with Gasteiger partial charge in [-0.25, -0.2) is 0 Å². The second-order valence-corrected chi connectivity index (χ2v) is 6.21. The number of carbonyl (C=O) groups excluding carboxylic acids is 1. The fraction of sp³-hybridized carbons (Fsp3) is 0.412. The van der Waals surface area contributed by atoms with E-state index in [2.05, 4.69) is 20.5 Å². The molecule has 3 aromatic rings. The number of aryl methyl sites for hydroxylation is 1. The molecule has 2 aromatic heterocycles. The van der Waals surface area contributed by atoms with Crippen molar-refractivity contribution >= 4 is 33.9 Å². The van der Waals surface area contributed by atoms with Crippen LogP contribution in [0.5, 0.6) is 0 Å². The van der Waals surface area contributed by atoms with Gasteiger partial charge in [-0.2, -0.15) is 4.98 Å². The summed E-state index contributed by atoms with van der Waals surface area (Å²) in [5.41, 5.74) is 2.55. The molecule has 118 valence electrons. The van der Waals surface area contributed by atoms with Crippen molar-refractivity contribution in [2.45, 2.75) is 32.1 Å². The van der Waals surface area contributed by atoms with Crippen LogP contribution in [0.15, 0.2) is 24.3 Å². The van der Waals surface area contributed by atoms with Crippen molar-refractivity contribution in [3.63, 3.8) is 0 Å². The SMILES string of the molecule is Cn1c2ccccc2c2nnc(NC(=O)C3CCCCC3)nc21. The molecule has 1 saturated carbocycles. The quantitative estimate of drug-likeness (QED) is 0.789. The maximum Gasteiger partial charge on any atom is 0.251 e. The van der Waals surface area contributed by atoms with Crippen LogP contribution in [0.3, 0.4) is 0 Å². The van der Waals surface area contributed by atoms with Gasteiger partial charge in [0.1, 0.15) is 5.52 Å². The zero-order valence-electron chi connectivity index (χ0n) is 13.1. The van der Waals surface area contributed by atoms with Crippen LogP contribution in [0.25, 0.3) is 22.1 Å². The summed E-state index contributed by atoms with van der Waals surface area (Å²) >= 11 is 0. The summed E-state index contributed by atoms with van der Waals surface area (Å²) in [6, 6.07) is 8.00. The Bertz CT molecular complexity index is 879. The average Bonchev–Trinajstić information content (AvgIpc) is 2.89. The maximum absolute atomic E-state index is 12.3. The van der Waals surface area contributed by atoms with Crippen molar-refractivity contribution in [2.75, 3.05) is 5.32 Å². The van der Waals surface area contributed by atoms with Crippen molar-refractivity contribution in [1.82, 2.24) is 19.7 Å². The van der Waals surface area contributed by atoms with Gasteiger partial charge in [0.15, 0.2) is 5.65 Å². The molecule has 0 aliphatic heterocycles. The topological polar surface area (TPSA) is 72.7 Å². The predicted octanol–water partition coefficient (Wildman–Crippen LogP) is 3.04. The lowest BCUT2D eigenvalue weighted by Gasteiger charge is -2.19. The highest BCUT2D eigenvalue weighted by Crippen LogP contribution is 2.26. The smallest absolute Gasteiger partial charge is 0.251 e. The average molecular weight is 309 g/mol. The Kier molecular flexibility index (Phi) is 3.44. The molecule has 1 amide bonds. The molecule has 1 N–H and O–H groups in total. The number of amides is 1. The number of rotatable bonds is 2. The molecule has 0 atom stereocenters. The lowest BCUT2D eigenvalue weighted by molar-refractivity contribution is -0.120. The Hall–Kier alpha value is -2.50. The molecular formula is C17H19N5O. The Morgan fingerprint density at radius 2 is 1.96 bits per heavy atom. The van der Waals surface area contributed by atoms with Crippen molar-refractivity contribution < 1.29 is 4.79 Å². The maximum atomic E-state index is 12.3. The molecule has 6 nitrogen and oxygen atoms in total. The van der Waals surface area contributed by atoms with Gasteiger partial charge in [0.25, 0.3) is 5.95 Å². The number of nitrogens with one attached hydrogen (secondary N) is 1. The van der Waals surface area contributed by atoms with E-state index in [0.29, 0.717) is 5.95 Å². The summed E-state index contributed by atoms with van der Waals surface area (Å²) in [5.74, 6) is 0.388. The van der Waals surface area contributed by atoms with E-state index in [1.165, 1.54) is 6.42 Å². The fourth-order valence-electron chi connectivity index (χ4n) is 3.44. The van der Waals surface area contributed by atoms with Gasteiger partial charge in [0, 0.05) is 18.4 Å². The minimum Gasteiger partial charge on any atom is -0.327 e. The lowest BCUT2D eigenvalue weighted by atomic mass is 9.89. The van der Waals surface area contributed by atoms with Crippen LogP contribution in [0.4, 0.5) is 5.95 Å². The van der Waals surface area contributed by atoms with E-state index in [4.69, 9.17) is 0 Å². The third-order valence-electron chi connectivity index (χ3n) is 4.72. The second kappa shape index (κ2) is 5.61. The van der Waals surface area contributed by atoms with E-state index in [1.807, 2.05) is 35.9 Å². The summed E-state index contributed by atoms with van der Waals surface area (Å²) in [4.78, 5) is 16.8. The highest BCUT2D eigenvalue weighted by molar-refractivity contribution is 6.04. The summed E-state index contributed by atoms with van der Waals surface area (Å²) in [7, 11) is 1.95.